The largest absolute Gasteiger partial charge is 0.465 e. The maximum atomic E-state index is 13.4. The van der Waals surface area contributed by atoms with Crippen molar-refractivity contribution in [3.63, 3.8) is 0 Å². The first kappa shape index (κ1) is 22.2. The second kappa shape index (κ2) is 10.5. The Bertz CT molecular complexity index is 1100. The van der Waals surface area contributed by atoms with Gasteiger partial charge < -0.3 is 14.6 Å². The van der Waals surface area contributed by atoms with Gasteiger partial charge in [-0.25, -0.2) is 14.2 Å². The van der Waals surface area contributed by atoms with Crippen molar-refractivity contribution < 1.29 is 13.9 Å². The van der Waals surface area contributed by atoms with Crippen molar-refractivity contribution >= 4 is 5.97 Å². The molecule has 2 aromatic heterocycles. The van der Waals surface area contributed by atoms with Gasteiger partial charge in [-0.15, -0.1) is 11.8 Å². The van der Waals surface area contributed by atoms with Crippen molar-refractivity contribution in [3.05, 3.63) is 82.9 Å². The summed E-state index contributed by atoms with van der Waals surface area (Å²) >= 11 is 0. The molecule has 160 valence electrons. The van der Waals surface area contributed by atoms with Gasteiger partial charge in [0.15, 0.2) is 0 Å². The van der Waals surface area contributed by atoms with E-state index in [9.17, 15) is 9.18 Å². The first-order valence-electron chi connectivity index (χ1n) is 9.95. The molecule has 3 aromatic rings. The number of halogens is 1. The number of esters is 1. The van der Waals surface area contributed by atoms with Gasteiger partial charge in [0.2, 0.25) is 0 Å². The van der Waals surface area contributed by atoms with Crippen LogP contribution in [-0.2, 0) is 17.8 Å². The van der Waals surface area contributed by atoms with Gasteiger partial charge in [-0.05, 0) is 43.7 Å². The number of benzene rings is 1. The number of imidazole rings is 1. The molecule has 31 heavy (non-hydrogen) atoms. The summed E-state index contributed by atoms with van der Waals surface area (Å²) in [5.74, 6) is 6.22. The topological polar surface area (TPSA) is 69.0 Å². The van der Waals surface area contributed by atoms with Crippen molar-refractivity contribution in [1.82, 2.24) is 19.9 Å². The van der Waals surface area contributed by atoms with Gasteiger partial charge in [0, 0.05) is 31.1 Å². The molecule has 0 spiro atoms. The van der Waals surface area contributed by atoms with Gasteiger partial charge >= 0.3 is 5.97 Å². The quantitative estimate of drug-likeness (QED) is 0.443. The summed E-state index contributed by atoms with van der Waals surface area (Å²) in [6.07, 6.45) is 4.24. The minimum Gasteiger partial charge on any atom is -0.465 e. The molecule has 7 heteroatoms. The minimum atomic E-state index is -0.388. The average molecular weight is 420 g/mol. The predicted molar refractivity (Wildman–Crippen MR) is 116 cm³/mol. The Morgan fingerprint density at radius 1 is 1.26 bits per heavy atom. The third-order valence-electron chi connectivity index (χ3n) is 4.83. The number of rotatable bonds is 8. The molecule has 6 nitrogen and oxygen atoms in total. The summed E-state index contributed by atoms with van der Waals surface area (Å²) in [5.41, 5.74) is 2.93. The van der Waals surface area contributed by atoms with Gasteiger partial charge in [-0.1, -0.05) is 12.1 Å². The molecule has 0 saturated heterocycles. The van der Waals surface area contributed by atoms with E-state index in [0.29, 0.717) is 25.1 Å². The van der Waals surface area contributed by atoms with Crippen LogP contribution in [0.4, 0.5) is 4.39 Å². The van der Waals surface area contributed by atoms with Crippen LogP contribution >= 0.6 is 0 Å². The molecular formula is C24H25FN4O2. The second-order valence-electron chi connectivity index (χ2n) is 7.03. The number of nitrogens with one attached hydrogen (secondary N) is 1. The summed E-state index contributed by atoms with van der Waals surface area (Å²) in [5, 5.41) is 3.33. The molecule has 0 amide bonds. The van der Waals surface area contributed by atoms with Gasteiger partial charge in [0.25, 0.3) is 0 Å². The Hall–Kier alpha value is -3.50. The van der Waals surface area contributed by atoms with Crippen LogP contribution in [0.25, 0.3) is 0 Å². The van der Waals surface area contributed by atoms with E-state index in [1.54, 1.807) is 37.4 Å². The monoisotopic (exact) mass is 420 g/mol. The molecule has 0 bridgehead atoms. The van der Waals surface area contributed by atoms with Crippen LogP contribution in [0.5, 0.6) is 0 Å². The molecule has 0 aliphatic heterocycles. The van der Waals surface area contributed by atoms with E-state index in [1.807, 2.05) is 17.7 Å². The lowest BCUT2D eigenvalue weighted by Crippen LogP contribution is -2.20. The lowest BCUT2D eigenvalue weighted by Gasteiger charge is -2.20. The van der Waals surface area contributed by atoms with Gasteiger partial charge in [0.1, 0.15) is 11.6 Å². The third kappa shape index (κ3) is 5.77. The molecule has 1 unspecified atom stereocenters. The predicted octanol–water partition coefficient (Wildman–Crippen LogP) is 3.80. The standard InChI is InChI=1S/C24H25FN4O2/c1-4-5-6-22(18-7-9-20(25)10-8-18)29-12-11-27-23(29)16-26-15-21-14-19(24(30)31-3)13-17(2)28-21/h7-14,22,26H,6,15-16H2,1-3H3. The Balaban J connectivity index is 1.75. The molecule has 3 rings (SSSR count). The first-order valence-corrected chi connectivity index (χ1v) is 9.95. The van der Waals surface area contributed by atoms with Crippen molar-refractivity contribution in [3.8, 4) is 11.8 Å². The number of nitrogens with zero attached hydrogens (tertiary/aromatic N) is 3. The second-order valence-corrected chi connectivity index (χ2v) is 7.03. The smallest absolute Gasteiger partial charge is 0.337 e. The maximum Gasteiger partial charge on any atom is 0.337 e. The molecule has 1 N–H and O–H groups in total. The first-order chi connectivity index (χ1) is 15.0. The zero-order valence-corrected chi connectivity index (χ0v) is 17.9. The fourth-order valence-electron chi connectivity index (χ4n) is 3.39. The van der Waals surface area contributed by atoms with E-state index in [1.165, 1.54) is 19.2 Å². The maximum absolute atomic E-state index is 13.4. The average Bonchev–Trinajstić information content (AvgIpc) is 3.22. The Morgan fingerprint density at radius 3 is 2.74 bits per heavy atom. The molecule has 1 aromatic carbocycles. The summed E-state index contributed by atoms with van der Waals surface area (Å²) in [6.45, 7) is 4.60. The normalized spacial score (nSPS) is 11.5. The van der Waals surface area contributed by atoms with Crippen molar-refractivity contribution in [2.45, 2.75) is 39.4 Å². The molecule has 0 radical (unpaired) electrons. The molecule has 2 heterocycles. The highest BCUT2D eigenvalue weighted by molar-refractivity contribution is 5.89. The number of ether oxygens (including phenoxy) is 1. The number of aryl methyl sites for hydroxylation is 1. The van der Waals surface area contributed by atoms with E-state index in [0.717, 1.165) is 22.8 Å². The summed E-state index contributed by atoms with van der Waals surface area (Å²) < 4.78 is 20.2. The summed E-state index contributed by atoms with van der Waals surface area (Å²) in [6, 6.07) is 9.81. The van der Waals surface area contributed by atoms with E-state index >= 15 is 0 Å². The van der Waals surface area contributed by atoms with E-state index in [2.05, 4.69) is 27.1 Å². The molecule has 0 saturated carbocycles. The molecular weight excluding hydrogens is 395 g/mol. The highest BCUT2D eigenvalue weighted by atomic mass is 19.1. The lowest BCUT2D eigenvalue weighted by molar-refractivity contribution is 0.0600. The molecule has 0 fully saturated rings. The highest BCUT2D eigenvalue weighted by Gasteiger charge is 2.16. The van der Waals surface area contributed by atoms with Crippen LogP contribution < -0.4 is 5.32 Å². The van der Waals surface area contributed by atoms with E-state index < -0.39 is 0 Å². The van der Waals surface area contributed by atoms with Crippen molar-refractivity contribution in [2.75, 3.05) is 7.11 Å². The van der Waals surface area contributed by atoms with Crippen LogP contribution in [0.3, 0.4) is 0 Å². The van der Waals surface area contributed by atoms with Gasteiger partial charge in [0.05, 0.1) is 31.0 Å². The van der Waals surface area contributed by atoms with Crippen LogP contribution in [0.15, 0.2) is 48.8 Å². The van der Waals surface area contributed by atoms with Crippen LogP contribution in [0, 0.1) is 24.6 Å². The minimum absolute atomic E-state index is 0.0737. The molecule has 0 aliphatic carbocycles. The lowest BCUT2D eigenvalue weighted by atomic mass is 10.0. The number of methoxy groups -OCH3 is 1. The zero-order valence-electron chi connectivity index (χ0n) is 17.9. The zero-order chi connectivity index (χ0) is 22.2. The van der Waals surface area contributed by atoms with Crippen LogP contribution in [-0.4, -0.2) is 27.6 Å². The van der Waals surface area contributed by atoms with Gasteiger partial charge in [-0.2, -0.15) is 0 Å². The number of carbonyl (C=O) groups excluding carboxylic acids is 1. The molecule has 1 atom stereocenters. The van der Waals surface area contributed by atoms with Crippen molar-refractivity contribution in [2.24, 2.45) is 0 Å². The number of hydrogen-bond donors (Lipinski definition) is 1. The van der Waals surface area contributed by atoms with Crippen molar-refractivity contribution in [1.29, 1.82) is 0 Å². The van der Waals surface area contributed by atoms with Crippen LogP contribution in [0.2, 0.25) is 0 Å². The number of aromatic nitrogens is 3. The molecule has 0 aliphatic rings. The van der Waals surface area contributed by atoms with E-state index in [4.69, 9.17) is 4.74 Å². The van der Waals surface area contributed by atoms with Crippen LogP contribution in [0.1, 0.15) is 52.5 Å². The SMILES string of the molecule is CC#CCC(c1ccc(F)cc1)n1ccnc1CNCc1cc(C(=O)OC)cc(C)n1. The Labute approximate surface area is 181 Å². The van der Waals surface area contributed by atoms with Gasteiger partial charge in [-0.3, -0.25) is 4.98 Å². The number of carbonyl (C=O) groups is 1. The Kier molecular flexibility index (Phi) is 7.52. The Morgan fingerprint density at radius 2 is 2.03 bits per heavy atom. The highest BCUT2D eigenvalue weighted by Crippen LogP contribution is 2.23. The summed E-state index contributed by atoms with van der Waals surface area (Å²) in [4.78, 5) is 20.8. The number of hydrogen-bond acceptors (Lipinski definition) is 5. The van der Waals surface area contributed by atoms with E-state index in [-0.39, 0.29) is 17.8 Å². The summed E-state index contributed by atoms with van der Waals surface area (Å²) in [7, 11) is 1.36. The third-order valence-corrected chi connectivity index (χ3v) is 4.83. The number of pyridine rings is 1. The fourth-order valence-corrected chi connectivity index (χ4v) is 3.39. The fraction of sp³-hybridized carbons (Fsp3) is 0.292.